The Balaban J connectivity index is 3.06. The molecule has 1 atom stereocenters. The van der Waals surface area contributed by atoms with Gasteiger partial charge in [0.15, 0.2) is 0 Å². The summed E-state index contributed by atoms with van der Waals surface area (Å²) in [6, 6.07) is 7.54. The predicted octanol–water partition coefficient (Wildman–Crippen LogP) is 1.66. The summed E-state index contributed by atoms with van der Waals surface area (Å²) in [6.45, 7) is 3.87. The molecule has 0 aliphatic heterocycles. The van der Waals surface area contributed by atoms with Gasteiger partial charge in [-0.3, -0.25) is 4.79 Å². The lowest BCUT2D eigenvalue weighted by Crippen LogP contribution is -2.33. The fraction of sp³-hybridized carbons (Fsp3) is 0.438. The van der Waals surface area contributed by atoms with Gasteiger partial charge in [0, 0.05) is 23.2 Å². The molecule has 0 saturated carbocycles. The van der Waals surface area contributed by atoms with E-state index in [9.17, 15) is 4.79 Å². The highest BCUT2D eigenvalue weighted by atomic mass is 32.1. The van der Waals surface area contributed by atoms with Gasteiger partial charge in [0.05, 0.1) is 6.61 Å². The maximum atomic E-state index is 11.0. The van der Waals surface area contributed by atoms with Gasteiger partial charge >= 0.3 is 5.97 Å². The Hall–Kier alpha value is -1.66. The van der Waals surface area contributed by atoms with Crippen LogP contribution in [0.2, 0.25) is 0 Å². The molecule has 1 aromatic rings. The molecule has 0 heterocycles. The fourth-order valence-electron chi connectivity index (χ4n) is 2.21. The number of carbonyl (C=O) groups is 1. The molecule has 6 heteroatoms. The Morgan fingerprint density at radius 1 is 1.36 bits per heavy atom. The number of benzene rings is 1. The van der Waals surface area contributed by atoms with E-state index < -0.39 is 5.97 Å². The van der Waals surface area contributed by atoms with Crippen molar-refractivity contribution in [3.8, 4) is 0 Å². The van der Waals surface area contributed by atoms with Crippen molar-refractivity contribution in [1.82, 2.24) is 0 Å². The summed E-state index contributed by atoms with van der Waals surface area (Å²) in [5, 5.41) is 18.1. The van der Waals surface area contributed by atoms with E-state index in [1.54, 1.807) is 4.90 Å². The maximum Gasteiger partial charge on any atom is 0.323 e. The van der Waals surface area contributed by atoms with E-state index in [4.69, 9.17) is 15.9 Å². The molecule has 1 rings (SSSR count). The minimum atomic E-state index is -0.936. The Morgan fingerprint density at radius 3 is 2.55 bits per heavy atom. The number of thiol groups is 1. The Morgan fingerprint density at radius 2 is 2.00 bits per heavy atom. The smallest absolute Gasteiger partial charge is 0.323 e. The molecule has 0 aromatic heterocycles. The van der Waals surface area contributed by atoms with Crippen LogP contribution in [0.5, 0.6) is 0 Å². The van der Waals surface area contributed by atoms with Crippen LogP contribution in [-0.4, -0.2) is 41.1 Å². The zero-order valence-electron chi connectivity index (χ0n) is 13.0. The maximum absolute atomic E-state index is 11.0. The van der Waals surface area contributed by atoms with Gasteiger partial charge in [0.1, 0.15) is 6.54 Å². The summed E-state index contributed by atoms with van der Waals surface area (Å²) >= 11 is 4.55. The zero-order valence-corrected chi connectivity index (χ0v) is 13.9. The summed E-state index contributed by atoms with van der Waals surface area (Å²) in [4.78, 5) is 12.7. The summed E-state index contributed by atoms with van der Waals surface area (Å²) in [6.07, 6.45) is 0.595. The van der Waals surface area contributed by atoms with Crippen molar-refractivity contribution in [2.45, 2.75) is 25.5 Å². The number of carboxylic acids is 1. The van der Waals surface area contributed by atoms with E-state index in [0.717, 1.165) is 22.5 Å². The number of anilines is 1. The van der Waals surface area contributed by atoms with E-state index in [-0.39, 0.29) is 24.9 Å². The van der Waals surface area contributed by atoms with Gasteiger partial charge < -0.3 is 20.8 Å². The number of hydrogen-bond acceptors (Lipinski definition) is 5. The van der Waals surface area contributed by atoms with Crippen LogP contribution >= 0.6 is 12.6 Å². The molecule has 0 saturated heterocycles. The topological polar surface area (TPSA) is 86.8 Å². The molecule has 0 bridgehead atoms. The highest BCUT2D eigenvalue weighted by Crippen LogP contribution is 2.24. The number of carboxylic acid groups (broad SMARTS) is 1. The predicted molar refractivity (Wildman–Crippen MR) is 92.4 cm³/mol. The molecule has 4 N–H and O–H groups in total. The lowest BCUT2D eigenvalue weighted by Gasteiger charge is -2.25. The number of nitrogens with two attached hydrogens (primary N) is 1. The first-order valence-corrected chi connectivity index (χ1v) is 7.64. The number of para-hydroxylation sites is 1. The molecule has 0 aliphatic rings. The van der Waals surface area contributed by atoms with Crippen molar-refractivity contribution in [3.05, 3.63) is 41.1 Å². The molecule has 0 fully saturated rings. The molecule has 0 radical (unpaired) electrons. The summed E-state index contributed by atoms with van der Waals surface area (Å²) in [5.74, 6) is -0.936. The number of nitrogens with zero attached hydrogens (tertiary/aromatic N) is 1. The highest BCUT2D eigenvalue weighted by molar-refractivity contribution is 7.81. The summed E-state index contributed by atoms with van der Waals surface area (Å²) in [7, 11) is 0. The molecule has 1 unspecified atom stereocenters. The molecular formula is C16H24N2O3S. The molecule has 5 nitrogen and oxygen atoms in total. The van der Waals surface area contributed by atoms with Crippen molar-refractivity contribution in [2.75, 3.05) is 24.6 Å². The van der Waals surface area contributed by atoms with Crippen LogP contribution in [0.3, 0.4) is 0 Å². The number of aliphatic carboxylic acids is 1. The number of aliphatic hydroxyl groups is 1. The van der Waals surface area contributed by atoms with Crippen molar-refractivity contribution in [2.24, 2.45) is 5.73 Å². The quantitative estimate of drug-likeness (QED) is 0.546. The number of aliphatic hydroxyl groups excluding tert-OH is 1. The molecule has 122 valence electrons. The summed E-state index contributed by atoms with van der Waals surface area (Å²) in [5.41, 5.74) is 9.53. The van der Waals surface area contributed by atoms with Gasteiger partial charge in [0.25, 0.3) is 0 Å². The first-order chi connectivity index (χ1) is 10.4. The number of hydrogen-bond donors (Lipinski definition) is 4. The Labute approximate surface area is 136 Å². The average molecular weight is 324 g/mol. The molecule has 22 heavy (non-hydrogen) atoms. The second kappa shape index (κ2) is 8.70. The lowest BCUT2D eigenvalue weighted by molar-refractivity contribution is -0.135. The zero-order chi connectivity index (χ0) is 16.7. The number of rotatable bonds is 8. The van der Waals surface area contributed by atoms with Gasteiger partial charge in [-0.25, -0.2) is 0 Å². The average Bonchev–Trinajstić information content (AvgIpc) is 2.46. The third-order valence-corrected chi connectivity index (χ3v) is 3.84. The molecule has 0 amide bonds. The lowest BCUT2D eigenvalue weighted by atomic mass is 10.0. The van der Waals surface area contributed by atoms with Gasteiger partial charge in [-0.05, 0) is 31.9 Å². The van der Waals surface area contributed by atoms with E-state index >= 15 is 0 Å². The van der Waals surface area contributed by atoms with E-state index in [1.165, 1.54) is 0 Å². The van der Waals surface area contributed by atoms with Crippen molar-refractivity contribution < 1.29 is 15.0 Å². The molecule has 1 aromatic carbocycles. The second-order valence-electron chi connectivity index (χ2n) is 5.34. The van der Waals surface area contributed by atoms with Crippen molar-refractivity contribution in [3.63, 3.8) is 0 Å². The third-order valence-electron chi connectivity index (χ3n) is 3.38. The second-order valence-corrected chi connectivity index (χ2v) is 5.97. The van der Waals surface area contributed by atoms with Gasteiger partial charge in [-0.15, -0.1) is 0 Å². The van der Waals surface area contributed by atoms with Crippen molar-refractivity contribution in [1.29, 1.82) is 0 Å². The van der Waals surface area contributed by atoms with Crippen LogP contribution in [0.4, 0.5) is 5.69 Å². The normalized spacial score (nSPS) is 11.8. The molecule has 0 spiro atoms. The van der Waals surface area contributed by atoms with Crippen LogP contribution in [0.25, 0.3) is 0 Å². The van der Waals surface area contributed by atoms with Crippen molar-refractivity contribution >= 4 is 24.3 Å². The van der Waals surface area contributed by atoms with E-state index in [2.05, 4.69) is 12.6 Å². The highest BCUT2D eigenvalue weighted by Gasteiger charge is 2.17. The largest absolute Gasteiger partial charge is 0.480 e. The molecule has 0 aliphatic carbocycles. The Kier molecular flexibility index (Phi) is 7.27. The Bertz CT molecular complexity index is 542. The minimum Gasteiger partial charge on any atom is -0.480 e. The monoisotopic (exact) mass is 324 g/mol. The standard InChI is InChI=1S/C16H24N2O3S/c1-11(2)16(17)14(22)9-12-5-3-4-6-13(12)18(7-8-19)10-15(20)21/h3-6,14,19,22H,7-10,17H2,1-2H3,(H,20,21). The van der Waals surface area contributed by atoms with E-state index in [0.29, 0.717) is 6.42 Å². The van der Waals surface area contributed by atoms with Gasteiger partial charge in [-0.2, -0.15) is 12.6 Å². The van der Waals surface area contributed by atoms with Gasteiger partial charge in [-0.1, -0.05) is 23.8 Å². The van der Waals surface area contributed by atoms with Crippen LogP contribution in [0, 0.1) is 0 Å². The fourth-order valence-corrected chi connectivity index (χ4v) is 2.67. The first-order valence-electron chi connectivity index (χ1n) is 7.13. The minimum absolute atomic E-state index is 0.109. The third kappa shape index (κ3) is 5.27. The molecular weight excluding hydrogens is 300 g/mol. The van der Waals surface area contributed by atoms with Crippen LogP contribution < -0.4 is 10.6 Å². The van der Waals surface area contributed by atoms with Crippen LogP contribution in [-0.2, 0) is 11.2 Å². The SMILES string of the molecule is CC(C)=C(N)C(S)Cc1ccccc1N(CCO)CC(=O)O. The van der Waals surface area contributed by atoms with Gasteiger partial charge in [0.2, 0.25) is 0 Å². The summed E-state index contributed by atoms with van der Waals surface area (Å²) < 4.78 is 0. The van der Waals surface area contributed by atoms with E-state index in [1.807, 2.05) is 38.1 Å². The first kappa shape index (κ1) is 18.4. The van der Waals surface area contributed by atoms with Crippen LogP contribution in [0.1, 0.15) is 19.4 Å². The van der Waals surface area contributed by atoms with Crippen LogP contribution in [0.15, 0.2) is 35.5 Å². The number of allylic oxidation sites excluding steroid dienone is 1.